The van der Waals surface area contributed by atoms with Crippen LogP contribution in [0, 0.1) is 18.8 Å². The monoisotopic (exact) mass is 614 g/mol. The van der Waals surface area contributed by atoms with Crippen LogP contribution >= 0.6 is 0 Å². The highest BCUT2D eigenvalue weighted by Crippen LogP contribution is 2.32. The van der Waals surface area contributed by atoms with Crippen molar-refractivity contribution in [3.63, 3.8) is 0 Å². The minimum absolute atomic E-state index is 0.0528. The molecule has 0 saturated carbocycles. The summed E-state index contributed by atoms with van der Waals surface area (Å²) in [5.74, 6) is 1.56. The molecule has 0 amide bonds. The molecule has 3 aromatic heterocycles. The molecular weight excluding hydrogens is 572 g/mol. The van der Waals surface area contributed by atoms with Crippen molar-refractivity contribution < 1.29 is 4.74 Å². The molecular formula is C38H42N6O2. The molecule has 1 N–H and O–H groups in total. The van der Waals surface area contributed by atoms with Crippen LogP contribution in [0.15, 0.2) is 83.9 Å². The topological polar surface area (TPSA) is 85.2 Å². The Labute approximate surface area is 270 Å². The zero-order chi connectivity index (χ0) is 31.5. The fraction of sp³-hybridized carbons (Fsp3) is 0.368. The lowest BCUT2D eigenvalue weighted by Crippen LogP contribution is -2.30. The second kappa shape index (κ2) is 13.5. The Hall–Kier alpha value is -4.40. The second-order valence-corrected chi connectivity index (χ2v) is 13.0. The van der Waals surface area contributed by atoms with Crippen molar-refractivity contribution in [3.05, 3.63) is 101 Å². The van der Waals surface area contributed by atoms with Crippen LogP contribution in [-0.2, 0) is 17.7 Å². The van der Waals surface area contributed by atoms with Crippen LogP contribution in [0.25, 0.3) is 33.4 Å². The van der Waals surface area contributed by atoms with Gasteiger partial charge in [-0.25, -0.2) is 4.98 Å². The van der Waals surface area contributed by atoms with E-state index in [2.05, 4.69) is 65.6 Å². The molecule has 0 atom stereocenters. The van der Waals surface area contributed by atoms with Crippen molar-refractivity contribution in [2.75, 3.05) is 38.7 Å². The minimum atomic E-state index is -0.0528. The van der Waals surface area contributed by atoms with E-state index < -0.39 is 0 Å². The van der Waals surface area contributed by atoms with E-state index in [4.69, 9.17) is 14.7 Å². The molecule has 5 heterocycles. The predicted octanol–water partition coefficient (Wildman–Crippen LogP) is 6.88. The molecule has 46 heavy (non-hydrogen) atoms. The molecule has 8 nitrogen and oxygen atoms in total. The zero-order valence-corrected chi connectivity index (χ0v) is 26.8. The van der Waals surface area contributed by atoms with Gasteiger partial charge in [-0.2, -0.15) is 4.98 Å². The first kappa shape index (κ1) is 30.3. The molecule has 0 spiro atoms. The van der Waals surface area contributed by atoms with Crippen molar-refractivity contribution in [1.82, 2.24) is 24.4 Å². The lowest BCUT2D eigenvalue weighted by molar-refractivity contribution is 0.0613. The van der Waals surface area contributed by atoms with Crippen molar-refractivity contribution in [2.45, 2.75) is 45.6 Å². The van der Waals surface area contributed by atoms with Crippen LogP contribution in [0.2, 0.25) is 0 Å². The minimum Gasteiger partial charge on any atom is -0.381 e. The lowest BCUT2D eigenvalue weighted by Gasteiger charge is -2.28. The molecule has 0 unspecified atom stereocenters. The molecule has 2 fully saturated rings. The molecule has 2 aliphatic rings. The van der Waals surface area contributed by atoms with E-state index in [-0.39, 0.29) is 5.56 Å². The number of nitrogens with one attached hydrogen (secondary N) is 1. The van der Waals surface area contributed by atoms with E-state index in [1.165, 1.54) is 31.5 Å². The van der Waals surface area contributed by atoms with Gasteiger partial charge in [-0.1, -0.05) is 35.9 Å². The Morgan fingerprint density at radius 3 is 2.43 bits per heavy atom. The van der Waals surface area contributed by atoms with Crippen LogP contribution < -0.4 is 10.9 Å². The number of fused-ring (bicyclic) bond motifs is 1. The maximum Gasteiger partial charge on any atom is 0.260 e. The maximum absolute atomic E-state index is 14.4. The largest absolute Gasteiger partial charge is 0.381 e. The number of pyridine rings is 2. The highest BCUT2D eigenvalue weighted by molar-refractivity contribution is 5.87. The van der Waals surface area contributed by atoms with Gasteiger partial charge < -0.3 is 15.0 Å². The number of likely N-dealkylation sites (tertiary alicyclic amines) is 1. The van der Waals surface area contributed by atoms with Crippen molar-refractivity contribution in [2.24, 2.45) is 11.8 Å². The first-order valence-corrected chi connectivity index (χ1v) is 16.6. The fourth-order valence-electron chi connectivity index (χ4n) is 6.85. The predicted molar refractivity (Wildman–Crippen MR) is 184 cm³/mol. The maximum atomic E-state index is 14.4. The number of aromatic nitrogens is 4. The van der Waals surface area contributed by atoms with Gasteiger partial charge in [0.1, 0.15) is 5.65 Å². The zero-order valence-electron chi connectivity index (χ0n) is 26.8. The van der Waals surface area contributed by atoms with E-state index in [0.29, 0.717) is 42.8 Å². The fourth-order valence-corrected chi connectivity index (χ4v) is 6.85. The van der Waals surface area contributed by atoms with Gasteiger partial charge in [-0.05, 0) is 119 Å². The molecule has 0 radical (unpaired) electrons. The van der Waals surface area contributed by atoms with E-state index in [1.54, 1.807) is 6.20 Å². The number of nitrogens with zero attached hydrogens (tertiary/aromatic N) is 5. The van der Waals surface area contributed by atoms with Crippen molar-refractivity contribution in [1.29, 1.82) is 0 Å². The smallest absolute Gasteiger partial charge is 0.260 e. The summed E-state index contributed by atoms with van der Waals surface area (Å²) in [5, 5.41) is 4.22. The number of hydrogen-bond acceptors (Lipinski definition) is 7. The van der Waals surface area contributed by atoms with Gasteiger partial charge in [0.05, 0.1) is 5.69 Å². The van der Waals surface area contributed by atoms with Crippen molar-refractivity contribution in [3.8, 4) is 22.4 Å². The molecule has 2 saturated heterocycles. The third kappa shape index (κ3) is 6.73. The average molecular weight is 615 g/mol. The summed E-state index contributed by atoms with van der Waals surface area (Å²) < 4.78 is 7.49. The molecule has 2 aromatic carbocycles. The standard InChI is InChI=1S/C38H42N6O2/c1-26-6-11-32(33(21-26)35-5-3-4-16-39-35)34-23-30-24-40-38(42-36(30)44(37(34)45)25-29-14-19-46-20-15-29)41-31-9-7-27(8-10-31)22-28-12-17-43(2)18-13-28/h3-11,16,21,23-24,28-29H,12-15,17-20,22,25H2,1-2H3,(H,40,41,42). The van der Waals surface area contributed by atoms with Crippen LogP contribution in [0.5, 0.6) is 0 Å². The third-order valence-corrected chi connectivity index (χ3v) is 9.59. The summed E-state index contributed by atoms with van der Waals surface area (Å²) in [4.78, 5) is 31.1. The van der Waals surface area contributed by atoms with Gasteiger partial charge in [-0.15, -0.1) is 0 Å². The van der Waals surface area contributed by atoms with Crippen LogP contribution in [0.3, 0.4) is 0 Å². The number of benzene rings is 2. The summed E-state index contributed by atoms with van der Waals surface area (Å²) in [7, 11) is 2.21. The number of anilines is 2. The Kier molecular flexibility index (Phi) is 8.90. The van der Waals surface area contributed by atoms with Crippen LogP contribution in [0.1, 0.15) is 36.8 Å². The summed E-state index contributed by atoms with van der Waals surface area (Å²) in [5.41, 5.74) is 7.26. The average Bonchev–Trinajstić information content (AvgIpc) is 3.09. The van der Waals surface area contributed by atoms with Crippen LogP contribution in [-0.4, -0.2) is 57.8 Å². The molecule has 236 valence electrons. The normalized spacial score (nSPS) is 16.6. The van der Waals surface area contributed by atoms with Crippen LogP contribution in [0.4, 0.5) is 11.6 Å². The number of rotatable bonds is 8. The quantitative estimate of drug-likeness (QED) is 0.204. The van der Waals surface area contributed by atoms with Gasteiger partial charge in [0.2, 0.25) is 5.95 Å². The Bertz CT molecular complexity index is 1860. The lowest BCUT2D eigenvalue weighted by atomic mass is 9.90. The summed E-state index contributed by atoms with van der Waals surface area (Å²) in [6, 6.07) is 22.6. The summed E-state index contributed by atoms with van der Waals surface area (Å²) >= 11 is 0. The number of ether oxygens (including phenoxy) is 1. The van der Waals surface area contributed by atoms with E-state index in [1.807, 2.05) is 41.1 Å². The Morgan fingerprint density at radius 2 is 1.67 bits per heavy atom. The summed E-state index contributed by atoms with van der Waals surface area (Å²) in [6.07, 6.45) is 9.09. The van der Waals surface area contributed by atoms with E-state index in [9.17, 15) is 4.79 Å². The number of aryl methyl sites for hydroxylation is 1. The molecule has 5 aromatic rings. The summed E-state index contributed by atoms with van der Waals surface area (Å²) in [6.45, 7) is 6.44. The first-order chi connectivity index (χ1) is 22.5. The van der Waals surface area contributed by atoms with Crippen molar-refractivity contribution >= 4 is 22.7 Å². The van der Waals surface area contributed by atoms with Gasteiger partial charge in [0.15, 0.2) is 0 Å². The third-order valence-electron chi connectivity index (χ3n) is 9.59. The van der Waals surface area contributed by atoms with E-state index >= 15 is 0 Å². The molecule has 0 aliphatic carbocycles. The molecule has 8 heteroatoms. The molecule has 2 aliphatic heterocycles. The highest BCUT2D eigenvalue weighted by atomic mass is 16.5. The number of piperidine rings is 1. The SMILES string of the molecule is Cc1ccc(-c2cc3cnc(Nc4ccc(CC5CCN(C)CC5)cc4)nc3n(CC3CCOCC3)c2=O)c(-c2ccccn2)c1. The van der Waals surface area contributed by atoms with Gasteiger partial charge in [-0.3, -0.25) is 14.3 Å². The van der Waals surface area contributed by atoms with Gasteiger partial charge in [0, 0.05) is 54.4 Å². The van der Waals surface area contributed by atoms with E-state index in [0.717, 1.165) is 58.6 Å². The Balaban J connectivity index is 1.23. The molecule has 7 rings (SSSR count). The highest BCUT2D eigenvalue weighted by Gasteiger charge is 2.22. The number of hydrogen-bond donors (Lipinski definition) is 1. The second-order valence-electron chi connectivity index (χ2n) is 13.0. The molecule has 0 bridgehead atoms. The Morgan fingerprint density at radius 1 is 0.870 bits per heavy atom. The van der Waals surface area contributed by atoms with Gasteiger partial charge >= 0.3 is 0 Å². The first-order valence-electron chi connectivity index (χ1n) is 16.6. The van der Waals surface area contributed by atoms with Gasteiger partial charge in [0.25, 0.3) is 5.56 Å².